The molecule has 2 N–H and O–H groups in total. The van der Waals surface area contributed by atoms with Crippen LogP contribution in [0.4, 0.5) is 5.69 Å². The standard InChI is InChI=1S/C14H19N3O/c1-14(2)5-3-12(4-6-14)18-13-10(8-15)7-11(16)9-17-13/h7,9,12H,3-6,16H2,1-2H3. The minimum absolute atomic E-state index is 0.168. The molecular formula is C14H19N3O. The Kier molecular flexibility index (Phi) is 3.42. The molecule has 2 rings (SSSR count). The molecule has 0 radical (unpaired) electrons. The second kappa shape index (κ2) is 4.85. The first kappa shape index (κ1) is 12.7. The zero-order chi connectivity index (χ0) is 13.2. The van der Waals surface area contributed by atoms with Gasteiger partial charge in [0.25, 0.3) is 0 Å². The van der Waals surface area contributed by atoms with Crippen LogP contribution < -0.4 is 10.5 Å². The second-order valence-electron chi connectivity index (χ2n) is 5.71. The highest BCUT2D eigenvalue weighted by atomic mass is 16.5. The number of nitrogen functional groups attached to an aromatic ring is 1. The van der Waals surface area contributed by atoms with Gasteiger partial charge in [0.05, 0.1) is 11.9 Å². The minimum atomic E-state index is 0.168. The summed E-state index contributed by atoms with van der Waals surface area (Å²) in [6, 6.07) is 3.68. The molecule has 0 bridgehead atoms. The molecule has 1 aliphatic carbocycles. The first-order valence-corrected chi connectivity index (χ1v) is 6.32. The fourth-order valence-corrected chi connectivity index (χ4v) is 2.29. The normalized spacial score (nSPS) is 19.2. The number of pyridine rings is 1. The van der Waals surface area contributed by atoms with Gasteiger partial charge in [-0.15, -0.1) is 0 Å². The fourth-order valence-electron chi connectivity index (χ4n) is 2.29. The Balaban J connectivity index is 2.05. The van der Waals surface area contributed by atoms with Crippen LogP contribution in [0.5, 0.6) is 5.88 Å². The number of rotatable bonds is 2. The van der Waals surface area contributed by atoms with Crippen LogP contribution >= 0.6 is 0 Å². The van der Waals surface area contributed by atoms with Crippen molar-refractivity contribution in [3.05, 3.63) is 17.8 Å². The van der Waals surface area contributed by atoms with Gasteiger partial charge in [0.2, 0.25) is 5.88 Å². The first-order valence-electron chi connectivity index (χ1n) is 6.32. The third-order valence-electron chi connectivity index (χ3n) is 3.56. The minimum Gasteiger partial charge on any atom is -0.473 e. The van der Waals surface area contributed by atoms with E-state index in [0.29, 0.717) is 22.5 Å². The molecule has 1 aromatic heterocycles. The Labute approximate surface area is 108 Å². The average molecular weight is 245 g/mol. The molecule has 1 saturated carbocycles. The summed E-state index contributed by atoms with van der Waals surface area (Å²) in [6.07, 6.45) is 6.03. The Bertz CT molecular complexity index is 466. The summed E-state index contributed by atoms with van der Waals surface area (Å²) in [4.78, 5) is 4.11. The lowest BCUT2D eigenvalue weighted by molar-refractivity contribution is 0.0946. The molecule has 0 aliphatic heterocycles. The van der Waals surface area contributed by atoms with Crippen LogP contribution in [0, 0.1) is 16.7 Å². The molecule has 0 unspecified atom stereocenters. The van der Waals surface area contributed by atoms with E-state index in [1.54, 1.807) is 6.07 Å². The maximum Gasteiger partial charge on any atom is 0.232 e. The van der Waals surface area contributed by atoms with Crippen molar-refractivity contribution in [3.63, 3.8) is 0 Å². The summed E-state index contributed by atoms with van der Waals surface area (Å²) >= 11 is 0. The van der Waals surface area contributed by atoms with Crippen molar-refractivity contribution in [2.24, 2.45) is 5.41 Å². The third kappa shape index (κ3) is 2.92. The lowest BCUT2D eigenvalue weighted by atomic mass is 9.76. The summed E-state index contributed by atoms with van der Waals surface area (Å²) in [7, 11) is 0. The van der Waals surface area contributed by atoms with Crippen molar-refractivity contribution in [1.29, 1.82) is 5.26 Å². The van der Waals surface area contributed by atoms with Gasteiger partial charge in [0.1, 0.15) is 17.7 Å². The van der Waals surface area contributed by atoms with Crippen molar-refractivity contribution in [3.8, 4) is 11.9 Å². The van der Waals surface area contributed by atoms with Crippen LogP contribution in [0.1, 0.15) is 45.1 Å². The molecule has 1 aromatic rings. The summed E-state index contributed by atoms with van der Waals surface area (Å²) in [6.45, 7) is 4.57. The molecule has 4 nitrogen and oxygen atoms in total. The first-order chi connectivity index (χ1) is 8.50. The van der Waals surface area contributed by atoms with Gasteiger partial charge in [-0.2, -0.15) is 5.26 Å². The van der Waals surface area contributed by atoms with Gasteiger partial charge in [-0.05, 0) is 37.2 Å². The van der Waals surface area contributed by atoms with Crippen molar-refractivity contribution in [1.82, 2.24) is 4.98 Å². The zero-order valence-corrected chi connectivity index (χ0v) is 10.9. The quantitative estimate of drug-likeness (QED) is 0.869. The van der Waals surface area contributed by atoms with Crippen LogP contribution in [0.3, 0.4) is 0 Å². The van der Waals surface area contributed by atoms with Gasteiger partial charge in [-0.3, -0.25) is 0 Å². The molecule has 96 valence electrons. The van der Waals surface area contributed by atoms with Crippen LogP contribution in [0.15, 0.2) is 12.3 Å². The van der Waals surface area contributed by atoms with E-state index in [9.17, 15) is 0 Å². The Hall–Kier alpha value is -1.76. The lowest BCUT2D eigenvalue weighted by Gasteiger charge is -2.34. The van der Waals surface area contributed by atoms with E-state index in [2.05, 4.69) is 24.9 Å². The molecule has 18 heavy (non-hydrogen) atoms. The van der Waals surface area contributed by atoms with E-state index in [-0.39, 0.29) is 6.10 Å². The van der Waals surface area contributed by atoms with Crippen molar-refractivity contribution in [2.45, 2.75) is 45.6 Å². The maximum absolute atomic E-state index is 9.03. The summed E-state index contributed by atoms with van der Waals surface area (Å²) in [5.41, 5.74) is 6.92. The van der Waals surface area contributed by atoms with E-state index in [4.69, 9.17) is 15.7 Å². The van der Waals surface area contributed by atoms with Crippen LogP contribution in [0.2, 0.25) is 0 Å². The van der Waals surface area contributed by atoms with E-state index >= 15 is 0 Å². The van der Waals surface area contributed by atoms with Gasteiger partial charge < -0.3 is 10.5 Å². The molecular weight excluding hydrogens is 226 g/mol. The number of hydrogen-bond acceptors (Lipinski definition) is 4. The Morgan fingerprint density at radius 2 is 2.11 bits per heavy atom. The highest BCUT2D eigenvalue weighted by Crippen LogP contribution is 2.36. The molecule has 0 aromatic carbocycles. The number of nitriles is 1. The summed E-state index contributed by atoms with van der Waals surface area (Å²) < 4.78 is 5.84. The maximum atomic E-state index is 9.03. The SMILES string of the molecule is CC1(C)CCC(Oc2ncc(N)cc2C#N)CC1. The van der Waals surface area contributed by atoms with Gasteiger partial charge in [0.15, 0.2) is 0 Å². The fraction of sp³-hybridized carbons (Fsp3) is 0.571. The molecule has 1 fully saturated rings. The van der Waals surface area contributed by atoms with Crippen LogP contribution in [-0.4, -0.2) is 11.1 Å². The number of aromatic nitrogens is 1. The molecule has 0 saturated heterocycles. The average Bonchev–Trinajstić information content (AvgIpc) is 2.34. The number of anilines is 1. The smallest absolute Gasteiger partial charge is 0.232 e. The zero-order valence-electron chi connectivity index (χ0n) is 10.9. The lowest BCUT2D eigenvalue weighted by Crippen LogP contribution is -2.28. The molecule has 0 atom stereocenters. The van der Waals surface area contributed by atoms with E-state index in [1.165, 1.54) is 6.20 Å². The second-order valence-corrected chi connectivity index (χ2v) is 5.71. The number of ether oxygens (including phenoxy) is 1. The number of hydrogen-bond donors (Lipinski definition) is 1. The van der Waals surface area contributed by atoms with E-state index in [1.807, 2.05) is 0 Å². The van der Waals surface area contributed by atoms with Gasteiger partial charge >= 0.3 is 0 Å². The summed E-state index contributed by atoms with van der Waals surface area (Å²) in [5.74, 6) is 0.413. The van der Waals surface area contributed by atoms with E-state index in [0.717, 1.165) is 25.7 Å². The largest absolute Gasteiger partial charge is 0.473 e. The van der Waals surface area contributed by atoms with Crippen molar-refractivity contribution in [2.75, 3.05) is 5.73 Å². The molecule has 4 heteroatoms. The van der Waals surface area contributed by atoms with Gasteiger partial charge in [-0.25, -0.2) is 4.98 Å². The van der Waals surface area contributed by atoms with Gasteiger partial charge in [0, 0.05) is 0 Å². The van der Waals surface area contributed by atoms with Crippen molar-refractivity contribution < 1.29 is 4.74 Å². The molecule has 1 aliphatic rings. The number of nitrogens with zero attached hydrogens (tertiary/aromatic N) is 2. The Morgan fingerprint density at radius 1 is 1.44 bits per heavy atom. The monoisotopic (exact) mass is 245 g/mol. The Morgan fingerprint density at radius 3 is 2.72 bits per heavy atom. The van der Waals surface area contributed by atoms with Crippen molar-refractivity contribution >= 4 is 5.69 Å². The van der Waals surface area contributed by atoms with Crippen LogP contribution in [-0.2, 0) is 0 Å². The highest BCUT2D eigenvalue weighted by molar-refractivity contribution is 5.48. The molecule has 0 amide bonds. The summed E-state index contributed by atoms with van der Waals surface area (Å²) in [5, 5.41) is 9.03. The number of nitrogens with two attached hydrogens (primary N) is 1. The third-order valence-corrected chi connectivity index (χ3v) is 3.56. The predicted molar refractivity (Wildman–Crippen MR) is 70.0 cm³/mol. The predicted octanol–water partition coefficient (Wildman–Crippen LogP) is 2.88. The van der Waals surface area contributed by atoms with E-state index < -0.39 is 0 Å². The highest BCUT2D eigenvalue weighted by Gasteiger charge is 2.28. The topological polar surface area (TPSA) is 71.9 Å². The van der Waals surface area contributed by atoms with Gasteiger partial charge in [-0.1, -0.05) is 13.8 Å². The molecule has 0 spiro atoms. The molecule has 1 heterocycles. The van der Waals surface area contributed by atoms with Crippen LogP contribution in [0.25, 0.3) is 0 Å².